The van der Waals surface area contributed by atoms with Crippen molar-refractivity contribution in [1.82, 2.24) is 5.32 Å². The van der Waals surface area contributed by atoms with E-state index in [1.807, 2.05) is 55.5 Å². The van der Waals surface area contributed by atoms with Crippen molar-refractivity contribution < 1.29 is 19.4 Å². The molecule has 0 spiro atoms. The molecule has 0 fully saturated rings. The molecule has 0 aliphatic rings. The number of carboxylic acid groups (broad SMARTS) is 1. The van der Waals surface area contributed by atoms with E-state index in [0.29, 0.717) is 6.61 Å². The lowest BCUT2D eigenvalue weighted by Crippen LogP contribution is -2.43. The molecule has 1 atom stereocenters. The minimum Gasteiger partial charge on any atom is -0.489 e. The van der Waals surface area contributed by atoms with Crippen molar-refractivity contribution in [2.75, 3.05) is 0 Å². The number of aliphatic carboxylic acids is 1. The summed E-state index contributed by atoms with van der Waals surface area (Å²) >= 11 is 0. The smallest absolute Gasteiger partial charge is 0.326 e. The Hall–Kier alpha value is -3.08. The van der Waals surface area contributed by atoms with Crippen molar-refractivity contribution >= 4 is 18.0 Å². The minimum atomic E-state index is -1.04. The van der Waals surface area contributed by atoms with Gasteiger partial charge in [0.1, 0.15) is 18.4 Å². The van der Waals surface area contributed by atoms with Gasteiger partial charge in [-0.25, -0.2) is 4.79 Å². The Morgan fingerprint density at radius 2 is 1.70 bits per heavy atom. The number of benzene rings is 2. The van der Waals surface area contributed by atoms with Crippen LogP contribution in [0.5, 0.6) is 5.75 Å². The SMILES string of the molecule is Cc1ccc(COc2ccc(/C=C/C(=O)N[C@@H](C(=O)O)C(C)C)cc2)cc1. The van der Waals surface area contributed by atoms with E-state index in [-0.39, 0.29) is 5.92 Å². The van der Waals surface area contributed by atoms with E-state index in [1.165, 1.54) is 11.6 Å². The summed E-state index contributed by atoms with van der Waals surface area (Å²) in [5, 5.41) is 11.6. The monoisotopic (exact) mass is 367 g/mol. The van der Waals surface area contributed by atoms with Gasteiger partial charge >= 0.3 is 5.97 Å². The summed E-state index contributed by atoms with van der Waals surface area (Å²) in [5.74, 6) is -0.926. The zero-order valence-electron chi connectivity index (χ0n) is 15.8. The average molecular weight is 367 g/mol. The van der Waals surface area contributed by atoms with E-state index >= 15 is 0 Å². The molecule has 27 heavy (non-hydrogen) atoms. The van der Waals surface area contributed by atoms with Gasteiger partial charge in [-0.15, -0.1) is 0 Å². The lowest BCUT2D eigenvalue weighted by molar-refractivity contribution is -0.142. The Kier molecular flexibility index (Phi) is 7.17. The van der Waals surface area contributed by atoms with Crippen LogP contribution in [0.1, 0.15) is 30.5 Å². The fourth-order valence-corrected chi connectivity index (χ4v) is 2.41. The summed E-state index contributed by atoms with van der Waals surface area (Å²) in [5.41, 5.74) is 3.13. The summed E-state index contributed by atoms with van der Waals surface area (Å²) in [6.45, 7) is 6.03. The van der Waals surface area contributed by atoms with Gasteiger partial charge in [-0.2, -0.15) is 0 Å². The lowest BCUT2D eigenvalue weighted by Gasteiger charge is -2.16. The lowest BCUT2D eigenvalue weighted by atomic mass is 10.0. The molecule has 0 aromatic heterocycles. The average Bonchev–Trinajstić information content (AvgIpc) is 2.64. The summed E-state index contributed by atoms with van der Waals surface area (Å²) < 4.78 is 5.75. The topological polar surface area (TPSA) is 75.6 Å². The van der Waals surface area contributed by atoms with Gasteiger partial charge in [-0.1, -0.05) is 55.8 Å². The quantitative estimate of drug-likeness (QED) is 0.696. The number of carbonyl (C=O) groups excluding carboxylic acids is 1. The predicted molar refractivity (Wildman–Crippen MR) is 105 cm³/mol. The molecule has 0 aliphatic carbocycles. The second kappa shape index (κ2) is 9.57. The second-order valence-corrected chi connectivity index (χ2v) is 6.75. The van der Waals surface area contributed by atoms with E-state index in [4.69, 9.17) is 9.84 Å². The van der Waals surface area contributed by atoms with E-state index in [0.717, 1.165) is 16.9 Å². The van der Waals surface area contributed by atoms with Crippen molar-refractivity contribution in [1.29, 1.82) is 0 Å². The molecule has 5 nitrogen and oxygen atoms in total. The second-order valence-electron chi connectivity index (χ2n) is 6.75. The van der Waals surface area contributed by atoms with Gasteiger partial charge in [0.25, 0.3) is 0 Å². The maximum Gasteiger partial charge on any atom is 0.326 e. The predicted octanol–water partition coefficient (Wildman–Crippen LogP) is 3.81. The van der Waals surface area contributed by atoms with Gasteiger partial charge in [-0.3, -0.25) is 4.79 Å². The molecule has 2 aromatic carbocycles. The van der Waals surface area contributed by atoms with Crippen molar-refractivity contribution in [2.24, 2.45) is 5.92 Å². The van der Waals surface area contributed by atoms with Crippen molar-refractivity contribution in [3.63, 3.8) is 0 Å². The highest BCUT2D eigenvalue weighted by Crippen LogP contribution is 2.15. The molecule has 2 aromatic rings. The van der Waals surface area contributed by atoms with Crippen molar-refractivity contribution in [2.45, 2.75) is 33.4 Å². The number of ether oxygens (including phenoxy) is 1. The summed E-state index contributed by atoms with van der Waals surface area (Å²) in [7, 11) is 0. The third-order valence-corrected chi connectivity index (χ3v) is 4.06. The van der Waals surface area contributed by atoms with Crippen molar-refractivity contribution in [3.8, 4) is 5.75 Å². The maximum absolute atomic E-state index is 11.9. The van der Waals surface area contributed by atoms with Crippen LogP contribution in [0.3, 0.4) is 0 Å². The fourth-order valence-electron chi connectivity index (χ4n) is 2.41. The van der Waals surface area contributed by atoms with Crippen LogP contribution in [0.2, 0.25) is 0 Å². The molecule has 0 radical (unpaired) electrons. The van der Waals surface area contributed by atoms with Crippen LogP contribution < -0.4 is 10.1 Å². The van der Waals surface area contributed by atoms with Gasteiger partial charge in [0.2, 0.25) is 5.91 Å². The standard InChI is InChI=1S/C22H25NO4/c1-15(2)21(22(25)26)23-20(24)13-10-17-8-11-19(12-9-17)27-14-18-6-4-16(3)5-7-18/h4-13,15,21H,14H2,1-3H3,(H,23,24)(H,25,26)/b13-10+/t21-/m1/s1. The maximum atomic E-state index is 11.9. The summed E-state index contributed by atoms with van der Waals surface area (Å²) in [6.07, 6.45) is 2.97. The van der Waals surface area contributed by atoms with Crippen LogP contribution in [-0.2, 0) is 16.2 Å². The van der Waals surface area contributed by atoms with Gasteiger partial charge < -0.3 is 15.2 Å². The normalized spacial score (nSPS) is 12.1. The van der Waals surface area contributed by atoms with E-state index in [1.54, 1.807) is 19.9 Å². The highest BCUT2D eigenvalue weighted by molar-refractivity contribution is 5.94. The third-order valence-electron chi connectivity index (χ3n) is 4.06. The van der Waals surface area contributed by atoms with E-state index in [9.17, 15) is 9.59 Å². The number of carboxylic acids is 1. The molecular formula is C22H25NO4. The highest BCUT2D eigenvalue weighted by atomic mass is 16.5. The largest absolute Gasteiger partial charge is 0.489 e. The van der Waals surface area contributed by atoms with Gasteiger partial charge in [0.15, 0.2) is 0 Å². The number of aryl methyl sites for hydroxylation is 1. The molecule has 0 saturated carbocycles. The fraction of sp³-hybridized carbons (Fsp3) is 0.273. The van der Waals surface area contributed by atoms with Crippen LogP contribution >= 0.6 is 0 Å². The van der Waals surface area contributed by atoms with Crippen LogP contribution in [0, 0.1) is 12.8 Å². The zero-order chi connectivity index (χ0) is 19.8. The Morgan fingerprint density at radius 1 is 1.07 bits per heavy atom. The molecule has 0 bridgehead atoms. The first-order valence-corrected chi connectivity index (χ1v) is 8.85. The molecule has 5 heteroatoms. The Balaban J connectivity index is 1.88. The molecular weight excluding hydrogens is 342 g/mol. The Morgan fingerprint density at radius 3 is 2.26 bits per heavy atom. The molecule has 2 N–H and O–H groups in total. The Labute approximate surface area is 159 Å². The summed E-state index contributed by atoms with van der Waals surface area (Å²) in [6, 6.07) is 14.6. The zero-order valence-corrected chi connectivity index (χ0v) is 15.8. The first-order valence-electron chi connectivity index (χ1n) is 8.85. The minimum absolute atomic E-state index is 0.190. The van der Waals surface area contributed by atoms with E-state index in [2.05, 4.69) is 5.32 Å². The molecule has 0 saturated heterocycles. The molecule has 0 heterocycles. The van der Waals surface area contributed by atoms with Crippen LogP contribution in [0.25, 0.3) is 6.08 Å². The number of amides is 1. The Bertz CT molecular complexity index is 792. The number of carbonyl (C=O) groups is 2. The van der Waals surface area contributed by atoms with E-state index < -0.39 is 17.9 Å². The highest BCUT2D eigenvalue weighted by Gasteiger charge is 2.22. The van der Waals surface area contributed by atoms with Gasteiger partial charge in [-0.05, 0) is 42.2 Å². The number of hydrogen-bond acceptors (Lipinski definition) is 3. The third kappa shape index (κ3) is 6.62. The molecule has 0 unspecified atom stereocenters. The first kappa shape index (κ1) is 20.2. The van der Waals surface area contributed by atoms with Gasteiger partial charge in [0, 0.05) is 6.08 Å². The first-order chi connectivity index (χ1) is 12.8. The number of rotatable bonds is 8. The number of hydrogen-bond donors (Lipinski definition) is 2. The molecule has 1 amide bonds. The van der Waals surface area contributed by atoms with Crippen LogP contribution in [0.15, 0.2) is 54.6 Å². The van der Waals surface area contributed by atoms with Crippen LogP contribution in [-0.4, -0.2) is 23.0 Å². The van der Waals surface area contributed by atoms with Crippen LogP contribution in [0.4, 0.5) is 0 Å². The molecule has 0 aliphatic heterocycles. The van der Waals surface area contributed by atoms with Crippen molar-refractivity contribution in [3.05, 3.63) is 71.3 Å². The molecule has 2 rings (SSSR count). The molecule has 142 valence electrons. The van der Waals surface area contributed by atoms with Gasteiger partial charge in [0.05, 0.1) is 0 Å². The number of nitrogens with one attached hydrogen (secondary N) is 1. The summed E-state index contributed by atoms with van der Waals surface area (Å²) in [4.78, 5) is 23.0.